The maximum Gasteiger partial charge on any atom is 0.335 e. The lowest BCUT2D eigenvalue weighted by Gasteiger charge is -2.22. The average molecular weight is 222 g/mol. The van der Waals surface area contributed by atoms with Gasteiger partial charge in [0.25, 0.3) is 0 Å². The molecule has 1 N–H and O–H groups in total. The van der Waals surface area contributed by atoms with Gasteiger partial charge in [0.1, 0.15) is 5.75 Å². The zero-order valence-corrected chi connectivity index (χ0v) is 10.2. The molecule has 3 nitrogen and oxygen atoms in total. The van der Waals surface area contributed by atoms with Gasteiger partial charge in [0, 0.05) is 0 Å². The van der Waals surface area contributed by atoms with Crippen molar-refractivity contribution in [3.05, 3.63) is 29.3 Å². The monoisotopic (exact) mass is 222 g/mol. The largest absolute Gasteiger partial charge is 0.494 e. The van der Waals surface area contributed by atoms with E-state index in [2.05, 4.69) is 0 Å². The van der Waals surface area contributed by atoms with Gasteiger partial charge < -0.3 is 9.84 Å². The Morgan fingerprint density at radius 2 is 2.00 bits per heavy atom. The zero-order valence-electron chi connectivity index (χ0n) is 10.2. The molecule has 3 heteroatoms. The van der Waals surface area contributed by atoms with E-state index in [9.17, 15) is 4.79 Å². The van der Waals surface area contributed by atoms with Crippen molar-refractivity contribution in [2.45, 2.75) is 33.1 Å². The Kier molecular flexibility index (Phi) is 3.58. The number of hydrogen-bond acceptors (Lipinski definition) is 2. The highest BCUT2D eigenvalue weighted by atomic mass is 16.5. The summed E-state index contributed by atoms with van der Waals surface area (Å²) in [6, 6.07) is 5.11. The molecule has 0 aliphatic carbocycles. The summed E-state index contributed by atoms with van der Waals surface area (Å²) in [4.78, 5) is 11.1. The van der Waals surface area contributed by atoms with Crippen molar-refractivity contribution in [2.24, 2.45) is 0 Å². The Morgan fingerprint density at radius 3 is 2.44 bits per heavy atom. The first-order chi connectivity index (χ1) is 7.36. The van der Waals surface area contributed by atoms with Crippen molar-refractivity contribution in [1.29, 1.82) is 0 Å². The third kappa shape index (κ3) is 2.75. The van der Waals surface area contributed by atoms with E-state index in [4.69, 9.17) is 9.84 Å². The van der Waals surface area contributed by atoms with Crippen LogP contribution in [0, 0.1) is 0 Å². The SMILES string of the molecule is CCOc1ccc(C(=O)O)c(C(C)(C)C)c1. The van der Waals surface area contributed by atoms with Gasteiger partial charge in [0.15, 0.2) is 0 Å². The Balaban J connectivity index is 3.27. The summed E-state index contributed by atoms with van der Waals surface area (Å²) in [6.45, 7) is 8.46. The predicted octanol–water partition coefficient (Wildman–Crippen LogP) is 3.08. The highest BCUT2D eigenvalue weighted by Crippen LogP contribution is 2.29. The number of carboxylic acid groups (broad SMARTS) is 1. The molecule has 1 aromatic carbocycles. The summed E-state index contributed by atoms with van der Waals surface area (Å²) in [5, 5.41) is 9.11. The lowest BCUT2D eigenvalue weighted by molar-refractivity contribution is 0.0694. The van der Waals surface area contributed by atoms with Crippen LogP contribution in [-0.4, -0.2) is 17.7 Å². The average Bonchev–Trinajstić information content (AvgIpc) is 2.16. The molecule has 0 bridgehead atoms. The molecule has 0 saturated heterocycles. The number of rotatable bonds is 3. The molecule has 88 valence electrons. The van der Waals surface area contributed by atoms with Gasteiger partial charge in [-0.25, -0.2) is 4.79 Å². The minimum atomic E-state index is -0.895. The van der Waals surface area contributed by atoms with Gasteiger partial charge in [-0.1, -0.05) is 20.8 Å². The summed E-state index contributed by atoms with van der Waals surface area (Å²) < 4.78 is 5.38. The molecule has 16 heavy (non-hydrogen) atoms. The van der Waals surface area contributed by atoms with Crippen LogP contribution in [0.1, 0.15) is 43.6 Å². The van der Waals surface area contributed by atoms with Crippen LogP contribution >= 0.6 is 0 Å². The van der Waals surface area contributed by atoms with E-state index in [0.29, 0.717) is 12.2 Å². The third-order valence-electron chi connectivity index (χ3n) is 2.34. The van der Waals surface area contributed by atoms with Gasteiger partial charge in [-0.15, -0.1) is 0 Å². The molecule has 0 radical (unpaired) electrons. The van der Waals surface area contributed by atoms with E-state index in [0.717, 1.165) is 11.3 Å². The van der Waals surface area contributed by atoms with Crippen molar-refractivity contribution in [2.75, 3.05) is 6.61 Å². The van der Waals surface area contributed by atoms with Crippen LogP contribution < -0.4 is 4.74 Å². The van der Waals surface area contributed by atoms with Crippen molar-refractivity contribution in [3.8, 4) is 5.75 Å². The number of carbonyl (C=O) groups is 1. The molecule has 0 aliphatic rings. The molecule has 0 atom stereocenters. The van der Waals surface area contributed by atoms with E-state index in [1.54, 1.807) is 12.1 Å². The Morgan fingerprint density at radius 1 is 1.38 bits per heavy atom. The van der Waals surface area contributed by atoms with Gasteiger partial charge in [0.05, 0.1) is 12.2 Å². The van der Waals surface area contributed by atoms with E-state index < -0.39 is 5.97 Å². The summed E-state index contributed by atoms with van der Waals surface area (Å²) in [7, 11) is 0. The Bertz CT molecular complexity index is 389. The van der Waals surface area contributed by atoms with Crippen LogP contribution in [0.5, 0.6) is 5.75 Å². The van der Waals surface area contributed by atoms with Gasteiger partial charge in [-0.2, -0.15) is 0 Å². The molecule has 1 rings (SSSR count). The maximum atomic E-state index is 11.1. The van der Waals surface area contributed by atoms with Crippen LogP contribution in [0.3, 0.4) is 0 Å². The van der Waals surface area contributed by atoms with Gasteiger partial charge in [0.2, 0.25) is 0 Å². The Hall–Kier alpha value is -1.51. The van der Waals surface area contributed by atoms with E-state index in [1.165, 1.54) is 0 Å². The molecule has 0 spiro atoms. The number of aromatic carboxylic acids is 1. The summed E-state index contributed by atoms with van der Waals surface area (Å²) >= 11 is 0. The number of carboxylic acids is 1. The van der Waals surface area contributed by atoms with Gasteiger partial charge in [-0.05, 0) is 36.1 Å². The molecule has 1 aromatic rings. The van der Waals surface area contributed by atoms with Crippen molar-refractivity contribution >= 4 is 5.97 Å². The number of ether oxygens (including phenoxy) is 1. The standard InChI is InChI=1S/C13H18O3/c1-5-16-9-6-7-10(12(14)15)11(8-9)13(2,3)4/h6-8H,5H2,1-4H3,(H,14,15). The van der Waals surface area contributed by atoms with Gasteiger partial charge in [-0.3, -0.25) is 0 Å². The quantitative estimate of drug-likeness (QED) is 0.854. The highest BCUT2D eigenvalue weighted by molar-refractivity contribution is 5.90. The fraction of sp³-hybridized carbons (Fsp3) is 0.462. The first-order valence-electron chi connectivity index (χ1n) is 5.37. The fourth-order valence-corrected chi connectivity index (χ4v) is 1.59. The smallest absolute Gasteiger partial charge is 0.335 e. The van der Waals surface area contributed by atoms with Crippen LogP contribution in [-0.2, 0) is 5.41 Å². The molecule has 0 fully saturated rings. The first-order valence-corrected chi connectivity index (χ1v) is 5.37. The molecule has 0 heterocycles. The first kappa shape index (κ1) is 12.6. The normalized spacial score (nSPS) is 11.2. The van der Waals surface area contributed by atoms with E-state index in [-0.39, 0.29) is 5.41 Å². The van der Waals surface area contributed by atoms with Crippen molar-refractivity contribution in [1.82, 2.24) is 0 Å². The summed E-state index contributed by atoms with van der Waals surface area (Å²) in [5.74, 6) is -0.176. The second kappa shape index (κ2) is 4.56. The molecular weight excluding hydrogens is 204 g/mol. The third-order valence-corrected chi connectivity index (χ3v) is 2.34. The van der Waals surface area contributed by atoms with E-state index in [1.807, 2.05) is 33.8 Å². The topological polar surface area (TPSA) is 46.5 Å². The van der Waals surface area contributed by atoms with Crippen LogP contribution in [0.25, 0.3) is 0 Å². The molecule has 0 aliphatic heterocycles. The van der Waals surface area contributed by atoms with E-state index >= 15 is 0 Å². The molecule has 0 aromatic heterocycles. The summed E-state index contributed by atoms with van der Waals surface area (Å²) in [5.41, 5.74) is 0.933. The molecule has 0 unspecified atom stereocenters. The number of hydrogen-bond donors (Lipinski definition) is 1. The molecule has 0 saturated carbocycles. The second-order valence-electron chi connectivity index (χ2n) is 4.70. The van der Waals surface area contributed by atoms with Crippen LogP contribution in [0.15, 0.2) is 18.2 Å². The van der Waals surface area contributed by atoms with Crippen LogP contribution in [0.4, 0.5) is 0 Å². The fourth-order valence-electron chi connectivity index (χ4n) is 1.59. The molecule has 0 amide bonds. The van der Waals surface area contributed by atoms with Crippen molar-refractivity contribution < 1.29 is 14.6 Å². The molecular formula is C13H18O3. The van der Waals surface area contributed by atoms with Crippen molar-refractivity contribution in [3.63, 3.8) is 0 Å². The minimum absolute atomic E-state index is 0.208. The lowest BCUT2D eigenvalue weighted by Crippen LogP contribution is -2.17. The predicted molar refractivity (Wildman–Crippen MR) is 63.3 cm³/mol. The summed E-state index contributed by atoms with van der Waals surface area (Å²) in [6.07, 6.45) is 0. The minimum Gasteiger partial charge on any atom is -0.494 e. The maximum absolute atomic E-state index is 11.1. The lowest BCUT2D eigenvalue weighted by atomic mass is 9.83. The van der Waals surface area contributed by atoms with Gasteiger partial charge >= 0.3 is 5.97 Å². The Labute approximate surface area is 96.1 Å². The van der Waals surface area contributed by atoms with Crippen LogP contribution in [0.2, 0.25) is 0 Å². The zero-order chi connectivity index (χ0) is 12.3. The highest BCUT2D eigenvalue weighted by Gasteiger charge is 2.22. The second-order valence-corrected chi connectivity index (χ2v) is 4.70. The number of benzene rings is 1.